The zero-order valence-electron chi connectivity index (χ0n) is 5.43. The largest absolute Gasteiger partial charge is 0.381 e. The number of carbonyl (C=O) groups excluding carboxylic acids is 1. The van der Waals surface area contributed by atoms with Crippen LogP contribution < -0.4 is 0 Å². The van der Waals surface area contributed by atoms with Crippen molar-refractivity contribution in [3.63, 3.8) is 0 Å². The minimum atomic E-state index is 0.917. The maximum absolute atomic E-state index is 9.69. The van der Waals surface area contributed by atoms with Gasteiger partial charge in [-0.1, -0.05) is 0 Å². The molecule has 0 unspecified atom stereocenters. The minimum Gasteiger partial charge on any atom is -0.381 e. The van der Waals surface area contributed by atoms with Gasteiger partial charge < -0.3 is 4.90 Å². The van der Waals surface area contributed by atoms with E-state index in [-0.39, 0.29) is 0 Å². The second-order valence-electron chi connectivity index (χ2n) is 1.80. The van der Waals surface area contributed by atoms with Crippen LogP contribution in [0.4, 0.5) is 0 Å². The van der Waals surface area contributed by atoms with Gasteiger partial charge in [-0.3, -0.25) is 4.79 Å². The SMILES string of the molecule is CC(=C[C]=O)N(C)C. The fourth-order valence-electron chi connectivity index (χ4n) is 0.214. The van der Waals surface area contributed by atoms with Gasteiger partial charge in [0.05, 0.1) is 0 Å². The van der Waals surface area contributed by atoms with Crippen molar-refractivity contribution < 1.29 is 4.79 Å². The fraction of sp³-hybridized carbons (Fsp3) is 0.500. The fourth-order valence-corrected chi connectivity index (χ4v) is 0.214. The topological polar surface area (TPSA) is 20.3 Å². The van der Waals surface area contributed by atoms with Crippen molar-refractivity contribution in [2.45, 2.75) is 6.92 Å². The van der Waals surface area contributed by atoms with Crippen LogP contribution in [-0.4, -0.2) is 25.3 Å². The molecule has 0 atom stereocenters. The lowest BCUT2D eigenvalue weighted by Gasteiger charge is -2.09. The Balaban J connectivity index is 3.78. The highest BCUT2D eigenvalue weighted by Crippen LogP contribution is 1.91. The van der Waals surface area contributed by atoms with Gasteiger partial charge >= 0.3 is 0 Å². The van der Waals surface area contributed by atoms with E-state index in [9.17, 15) is 4.79 Å². The van der Waals surface area contributed by atoms with Crippen LogP contribution in [0, 0.1) is 0 Å². The zero-order valence-corrected chi connectivity index (χ0v) is 5.43. The highest BCUT2D eigenvalue weighted by atomic mass is 16.1. The number of nitrogens with zero attached hydrogens (tertiary/aromatic N) is 1. The summed E-state index contributed by atoms with van der Waals surface area (Å²) in [6.45, 7) is 1.85. The number of hydrogen-bond acceptors (Lipinski definition) is 2. The van der Waals surface area contributed by atoms with Crippen LogP contribution in [0.25, 0.3) is 0 Å². The molecule has 45 valence electrons. The highest BCUT2D eigenvalue weighted by Gasteiger charge is 1.86. The number of rotatable bonds is 2. The molecule has 2 heteroatoms. The predicted molar refractivity (Wildman–Crippen MR) is 33.1 cm³/mol. The van der Waals surface area contributed by atoms with Gasteiger partial charge in [-0.05, 0) is 6.92 Å². The van der Waals surface area contributed by atoms with E-state index in [1.807, 2.05) is 25.9 Å². The molecule has 8 heavy (non-hydrogen) atoms. The standard InChI is InChI=1S/C6H10NO/c1-6(4-5-8)7(2)3/h4H,1-3H3. The Kier molecular flexibility index (Phi) is 2.92. The molecule has 1 radical (unpaired) electrons. The monoisotopic (exact) mass is 112 g/mol. The highest BCUT2D eigenvalue weighted by molar-refractivity contribution is 5.66. The quantitative estimate of drug-likeness (QED) is 0.486. The molecule has 2 nitrogen and oxygen atoms in total. The van der Waals surface area contributed by atoms with Gasteiger partial charge in [-0.2, -0.15) is 0 Å². The van der Waals surface area contributed by atoms with Crippen molar-refractivity contribution >= 4 is 6.29 Å². The molecule has 0 aliphatic rings. The van der Waals surface area contributed by atoms with E-state index in [1.54, 1.807) is 6.29 Å². The molecule has 0 aliphatic heterocycles. The molecule has 0 saturated carbocycles. The second kappa shape index (κ2) is 3.24. The molecule has 0 aromatic heterocycles. The summed E-state index contributed by atoms with van der Waals surface area (Å²) < 4.78 is 0. The summed E-state index contributed by atoms with van der Waals surface area (Å²) in [5.74, 6) is 0. The smallest absolute Gasteiger partial charge is 0.227 e. The maximum Gasteiger partial charge on any atom is 0.227 e. The Labute approximate surface area is 49.8 Å². The maximum atomic E-state index is 9.69. The molecule has 0 saturated heterocycles. The Morgan fingerprint density at radius 2 is 2.12 bits per heavy atom. The van der Waals surface area contributed by atoms with Gasteiger partial charge in [0.1, 0.15) is 0 Å². The summed E-state index contributed by atoms with van der Waals surface area (Å²) >= 11 is 0. The molecule has 0 fully saturated rings. The van der Waals surface area contributed by atoms with Crippen molar-refractivity contribution in [1.82, 2.24) is 4.90 Å². The lowest BCUT2D eigenvalue weighted by atomic mass is 10.4. The summed E-state index contributed by atoms with van der Waals surface area (Å²) in [5, 5.41) is 0. The van der Waals surface area contributed by atoms with E-state index in [0.29, 0.717) is 0 Å². The van der Waals surface area contributed by atoms with E-state index >= 15 is 0 Å². The van der Waals surface area contributed by atoms with Gasteiger partial charge in [-0.15, -0.1) is 0 Å². The Bertz CT molecular complexity index is 105. The van der Waals surface area contributed by atoms with Gasteiger partial charge in [0.25, 0.3) is 0 Å². The Morgan fingerprint density at radius 1 is 1.62 bits per heavy atom. The molecule has 0 aromatic rings. The van der Waals surface area contributed by atoms with Crippen LogP contribution in [0.2, 0.25) is 0 Å². The molecular weight excluding hydrogens is 102 g/mol. The number of hydrogen-bond donors (Lipinski definition) is 0. The van der Waals surface area contributed by atoms with Crippen LogP contribution >= 0.6 is 0 Å². The first-order valence-corrected chi connectivity index (χ1v) is 2.40. The molecule has 0 spiro atoms. The summed E-state index contributed by atoms with van der Waals surface area (Å²) in [6.07, 6.45) is 3.10. The molecule has 0 amide bonds. The third-order valence-electron chi connectivity index (χ3n) is 0.973. The first-order valence-electron chi connectivity index (χ1n) is 2.40. The van der Waals surface area contributed by atoms with E-state index in [2.05, 4.69) is 0 Å². The normalized spacial score (nSPS) is 11.1. The minimum absolute atomic E-state index is 0.917. The molecule has 0 N–H and O–H groups in total. The molecular formula is C6H10NO. The van der Waals surface area contributed by atoms with Crippen LogP contribution in [0.1, 0.15) is 6.92 Å². The Morgan fingerprint density at radius 3 is 2.25 bits per heavy atom. The van der Waals surface area contributed by atoms with E-state index in [1.165, 1.54) is 6.08 Å². The lowest BCUT2D eigenvalue weighted by molar-refractivity contribution is 0.511. The van der Waals surface area contributed by atoms with Crippen molar-refractivity contribution in [2.75, 3.05) is 14.1 Å². The average Bonchev–Trinajstić information content (AvgIpc) is 1.67. The third-order valence-corrected chi connectivity index (χ3v) is 0.973. The average molecular weight is 112 g/mol. The van der Waals surface area contributed by atoms with Gasteiger partial charge in [0.15, 0.2) is 0 Å². The van der Waals surface area contributed by atoms with Crippen molar-refractivity contribution in [1.29, 1.82) is 0 Å². The van der Waals surface area contributed by atoms with Gasteiger partial charge in [-0.25, -0.2) is 0 Å². The summed E-state index contributed by atoms with van der Waals surface area (Å²) in [7, 11) is 3.76. The van der Waals surface area contributed by atoms with Crippen LogP contribution in [0.3, 0.4) is 0 Å². The summed E-state index contributed by atoms with van der Waals surface area (Å²) in [5.41, 5.74) is 0.917. The van der Waals surface area contributed by atoms with Gasteiger partial charge in [0, 0.05) is 25.9 Å². The third kappa shape index (κ3) is 2.39. The van der Waals surface area contributed by atoms with Gasteiger partial charge in [0.2, 0.25) is 6.29 Å². The first-order chi connectivity index (χ1) is 3.68. The molecule has 0 bridgehead atoms. The molecule has 0 aliphatic carbocycles. The van der Waals surface area contributed by atoms with E-state index < -0.39 is 0 Å². The van der Waals surface area contributed by atoms with Crippen molar-refractivity contribution in [2.24, 2.45) is 0 Å². The molecule has 0 rings (SSSR count). The number of allylic oxidation sites excluding steroid dienone is 2. The molecule has 0 heterocycles. The van der Waals surface area contributed by atoms with Crippen LogP contribution in [-0.2, 0) is 4.79 Å². The van der Waals surface area contributed by atoms with Crippen molar-refractivity contribution in [3.8, 4) is 0 Å². The summed E-state index contributed by atoms with van der Waals surface area (Å²) in [6, 6.07) is 0. The lowest BCUT2D eigenvalue weighted by Crippen LogP contribution is -2.07. The van der Waals surface area contributed by atoms with Crippen LogP contribution in [0.15, 0.2) is 11.8 Å². The van der Waals surface area contributed by atoms with E-state index in [0.717, 1.165) is 5.70 Å². The van der Waals surface area contributed by atoms with E-state index in [4.69, 9.17) is 0 Å². The molecule has 0 aromatic carbocycles. The zero-order chi connectivity index (χ0) is 6.57. The Hall–Kier alpha value is -0.790. The first kappa shape index (κ1) is 7.21. The van der Waals surface area contributed by atoms with Crippen molar-refractivity contribution in [3.05, 3.63) is 11.8 Å². The second-order valence-corrected chi connectivity index (χ2v) is 1.80. The summed E-state index contributed by atoms with van der Waals surface area (Å²) in [4.78, 5) is 11.5. The van der Waals surface area contributed by atoms with Crippen LogP contribution in [0.5, 0.6) is 0 Å². The predicted octanol–water partition coefficient (Wildman–Crippen LogP) is 0.561.